The van der Waals surface area contributed by atoms with Gasteiger partial charge in [0.05, 0.1) is 25.0 Å². The Kier molecular flexibility index (Phi) is 3.93. The third kappa shape index (κ3) is 3.14. The van der Waals surface area contributed by atoms with Crippen LogP contribution in [0.5, 0.6) is 0 Å². The summed E-state index contributed by atoms with van der Waals surface area (Å²) >= 11 is 0. The van der Waals surface area contributed by atoms with Crippen LogP contribution < -0.4 is 5.11 Å². The zero-order chi connectivity index (χ0) is 16.2. The minimum absolute atomic E-state index is 0.310. The second-order valence-electron chi connectivity index (χ2n) is 4.91. The van der Waals surface area contributed by atoms with Gasteiger partial charge >= 0.3 is 0 Å². The maximum Gasteiger partial charge on any atom is 0.156 e. The van der Waals surface area contributed by atoms with Crippen molar-refractivity contribution >= 4 is 23.0 Å². The third-order valence-corrected chi connectivity index (χ3v) is 3.30. The number of nitrogens with zero attached hydrogens (tertiary/aromatic N) is 3. The molecule has 0 amide bonds. The van der Waals surface area contributed by atoms with Crippen molar-refractivity contribution in [2.75, 3.05) is 0 Å². The summed E-state index contributed by atoms with van der Waals surface area (Å²) in [5.74, 6) is -0.745. The molecule has 0 bridgehead atoms. The minimum Gasteiger partial charge on any atom is -0.545 e. The maximum atomic E-state index is 10.6. The van der Waals surface area contributed by atoms with E-state index < -0.39 is 5.97 Å². The molecule has 0 atom stereocenters. The Morgan fingerprint density at radius 1 is 1.43 bits per heavy atom. The Bertz CT molecular complexity index is 895. The van der Waals surface area contributed by atoms with Crippen LogP contribution in [0.15, 0.2) is 47.0 Å². The molecule has 0 aliphatic rings. The highest BCUT2D eigenvalue weighted by Crippen LogP contribution is 2.29. The summed E-state index contributed by atoms with van der Waals surface area (Å²) in [5.41, 5.74) is 1.84. The van der Waals surface area contributed by atoms with Gasteiger partial charge in [-0.15, -0.1) is 0 Å². The van der Waals surface area contributed by atoms with Gasteiger partial charge in [-0.1, -0.05) is 18.2 Å². The van der Waals surface area contributed by atoms with Crippen LogP contribution in [0.1, 0.15) is 12.0 Å². The predicted molar refractivity (Wildman–Crippen MR) is 81.7 cm³/mol. The van der Waals surface area contributed by atoms with E-state index in [4.69, 9.17) is 9.68 Å². The Hall–Kier alpha value is -3.33. The van der Waals surface area contributed by atoms with E-state index in [0.717, 1.165) is 17.0 Å². The Morgan fingerprint density at radius 3 is 3.00 bits per heavy atom. The lowest BCUT2D eigenvalue weighted by Gasteiger charge is -1.94. The second kappa shape index (κ2) is 6.20. The number of carboxylic acids is 1. The number of carbonyl (C=O) groups is 1. The van der Waals surface area contributed by atoms with Crippen LogP contribution in [0.3, 0.4) is 0 Å². The molecule has 0 saturated carbocycles. The van der Waals surface area contributed by atoms with Gasteiger partial charge in [-0.3, -0.25) is 4.68 Å². The van der Waals surface area contributed by atoms with Crippen LogP contribution in [-0.2, 0) is 11.3 Å². The lowest BCUT2D eigenvalue weighted by Crippen LogP contribution is -2.18. The van der Waals surface area contributed by atoms with Gasteiger partial charge < -0.3 is 14.3 Å². The second-order valence-corrected chi connectivity index (χ2v) is 4.91. The summed E-state index contributed by atoms with van der Waals surface area (Å²) in [6, 6.07) is 11.5. The summed E-state index contributed by atoms with van der Waals surface area (Å²) in [6.07, 6.45) is 4.34. The zero-order valence-corrected chi connectivity index (χ0v) is 12.1. The number of furan rings is 1. The molecule has 114 valence electrons. The molecule has 0 radical (unpaired) electrons. The van der Waals surface area contributed by atoms with Gasteiger partial charge in [0.2, 0.25) is 0 Å². The zero-order valence-electron chi connectivity index (χ0n) is 12.1. The van der Waals surface area contributed by atoms with Crippen molar-refractivity contribution in [3.63, 3.8) is 0 Å². The number of benzene rings is 1. The quantitative estimate of drug-likeness (QED) is 0.672. The van der Waals surface area contributed by atoms with Gasteiger partial charge in [0.1, 0.15) is 11.3 Å². The standard InChI is InChI=1S/C17H13N3O3/c18-8-3-9-20-11-13(6-7-16(21)22)17(19-20)15-10-12-4-1-2-5-14(12)23-15/h1-2,4-7,10-11H,3,9H2,(H,21,22)/p-1/b7-6+. The molecule has 1 aromatic carbocycles. The smallest absolute Gasteiger partial charge is 0.156 e. The minimum atomic E-state index is -1.29. The molecule has 2 aromatic heterocycles. The maximum absolute atomic E-state index is 10.6. The van der Waals surface area contributed by atoms with Crippen LogP contribution in [0.4, 0.5) is 0 Å². The third-order valence-electron chi connectivity index (χ3n) is 3.30. The lowest BCUT2D eigenvalue weighted by atomic mass is 10.2. The number of carboxylic acid groups (broad SMARTS) is 1. The van der Waals surface area contributed by atoms with E-state index in [2.05, 4.69) is 5.10 Å². The van der Waals surface area contributed by atoms with Gasteiger partial charge in [-0.25, -0.2) is 0 Å². The summed E-state index contributed by atoms with van der Waals surface area (Å²) in [5, 5.41) is 24.7. The normalized spacial score (nSPS) is 11.1. The number of carbonyl (C=O) groups excluding carboxylic acids is 1. The van der Waals surface area contributed by atoms with E-state index in [0.29, 0.717) is 30.0 Å². The number of fused-ring (bicyclic) bond motifs is 1. The van der Waals surface area contributed by atoms with Gasteiger partial charge in [-0.05, 0) is 24.3 Å². The first-order chi connectivity index (χ1) is 11.2. The molecule has 6 heteroatoms. The molecular formula is C17H12N3O3-. The largest absolute Gasteiger partial charge is 0.545 e. The summed E-state index contributed by atoms with van der Waals surface area (Å²) in [7, 11) is 0. The van der Waals surface area contributed by atoms with Crippen LogP contribution in [0.2, 0.25) is 0 Å². The Morgan fingerprint density at radius 2 is 2.26 bits per heavy atom. The summed E-state index contributed by atoms with van der Waals surface area (Å²) in [4.78, 5) is 10.6. The van der Waals surface area contributed by atoms with E-state index in [1.54, 1.807) is 10.9 Å². The number of aromatic nitrogens is 2. The number of nitriles is 1. The van der Waals surface area contributed by atoms with E-state index in [-0.39, 0.29) is 0 Å². The average Bonchev–Trinajstić information content (AvgIpc) is 3.14. The highest BCUT2D eigenvalue weighted by Gasteiger charge is 2.14. The molecule has 3 aromatic rings. The van der Waals surface area contributed by atoms with E-state index in [1.165, 1.54) is 6.08 Å². The number of hydrogen-bond donors (Lipinski definition) is 0. The number of rotatable bonds is 5. The molecule has 0 spiro atoms. The topological polar surface area (TPSA) is 94.9 Å². The summed E-state index contributed by atoms with van der Waals surface area (Å²) in [6.45, 7) is 0.420. The molecule has 3 rings (SSSR count). The summed E-state index contributed by atoms with van der Waals surface area (Å²) < 4.78 is 7.38. The molecular weight excluding hydrogens is 294 g/mol. The Labute approximate surface area is 131 Å². The Balaban J connectivity index is 2.06. The van der Waals surface area contributed by atoms with Crippen molar-refractivity contribution < 1.29 is 14.3 Å². The average molecular weight is 306 g/mol. The fraction of sp³-hybridized carbons (Fsp3) is 0.118. The molecule has 0 aliphatic carbocycles. The number of para-hydroxylation sites is 1. The number of hydrogen-bond acceptors (Lipinski definition) is 5. The SMILES string of the molecule is N#CCCn1cc(/C=C/C(=O)[O-])c(-c2cc3ccccc3o2)n1. The molecule has 0 aliphatic heterocycles. The number of aliphatic carboxylic acids is 1. The van der Waals surface area contributed by atoms with Crippen LogP contribution >= 0.6 is 0 Å². The van der Waals surface area contributed by atoms with Gasteiger partial charge in [0, 0.05) is 17.1 Å². The highest BCUT2D eigenvalue weighted by molar-refractivity contribution is 5.87. The van der Waals surface area contributed by atoms with E-state index in [1.807, 2.05) is 36.4 Å². The van der Waals surface area contributed by atoms with Gasteiger partial charge in [0.15, 0.2) is 5.76 Å². The molecule has 2 heterocycles. The molecule has 0 saturated heterocycles. The van der Waals surface area contributed by atoms with Crippen LogP contribution in [0, 0.1) is 11.3 Å². The molecule has 0 unspecified atom stereocenters. The first-order valence-electron chi connectivity index (χ1n) is 7.00. The van der Waals surface area contributed by atoms with Crippen molar-refractivity contribution in [3.05, 3.63) is 48.2 Å². The van der Waals surface area contributed by atoms with Crippen LogP contribution in [-0.4, -0.2) is 15.7 Å². The molecule has 0 fully saturated rings. The molecule has 0 N–H and O–H groups in total. The first-order valence-corrected chi connectivity index (χ1v) is 7.00. The van der Waals surface area contributed by atoms with Crippen molar-refractivity contribution in [1.82, 2.24) is 9.78 Å². The van der Waals surface area contributed by atoms with Crippen molar-refractivity contribution in [2.24, 2.45) is 0 Å². The fourth-order valence-corrected chi connectivity index (χ4v) is 2.29. The highest BCUT2D eigenvalue weighted by atomic mass is 16.4. The number of aryl methyl sites for hydroxylation is 1. The van der Waals surface area contributed by atoms with E-state index >= 15 is 0 Å². The lowest BCUT2D eigenvalue weighted by molar-refractivity contribution is -0.297. The monoisotopic (exact) mass is 306 g/mol. The predicted octanol–water partition coefficient (Wildman–Crippen LogP) is 1.97. The first kappa shape index (κ1) is 14.6. The van der Waals surface area contributed by atoms with Crippen molar-refractivity contribution in [3.8, 4) is 17.5 Å². The molecule has 23 heavy (non-hydrogen) atoms. The molecule has 6 nitrogen and oxygen atoms in total. The van der Waals surface area contributed by atoms with Crippen LogP contribution in [0.25, 0.3) is 28.5 Å². The van der Waals surface area contributed by atoms with Crippen molar-refractivity contribution in [2.45, 2.75) is 13.0 Å². The van der Waals surface area contributed by atoms with Gasteiger partial charge in [-0.2, -0.15) is 10.4 Å². The van der Waals surface area contributed by atoms with Gasteiger partial charge in [0.25, 0.3) is 0 Å². The van der Waals surface area contributed by atoms with Crippen molar-refractivity contribution in [1.29, 1.82) is 5.26 Å². The fourth-order valence-electron chi connectivity index (χ4n) is 2.29. The van der Waals surface area contributed by atoms with E-state index in [9.17, 15) is 9.90 Å².